The van der Waals surface area contributed by atoms with E-state index in [1.165, 1.54) is 0 Å². The molecule has 178 valence electrons. The average molecular weight is 486 g/mol. The first-order valence-electron chi connectivity index (χ1n) is 11.8. The molecule has 1 aliphatic rings. The lowest BCUT2D eigenvalue weighted by atomic mass is 9.88. The van der Waals surface area contributed by atoms with E-state index in [0.717, 1.165) is 42.4 Å². The van der Waals surface area contributed by atoms with Gasteiger partial charge in [-0.1, -0.05) is 68.0 Å². The van der Waals surface area contributed by atoms with Crippen LogP contribution in [0.4, 0.5) is 5.69 Å². The monoisotopic (exact) mass is 485 g/mol. The van der Waals surface area contributed by atoms with Crippen LogP contribution >= 0.6 is 0 Å². The number of allylic oxidation sites excluding steroid dienone is 1. The number of aromatic hydroxyl groups is 2. The Hall–Kier alpha value is -3.77. The van der Waals surface area contributed by atoms with Crippen molar-refractivity contribution in [2.75, 3.05) is 4.72 Å². The number of sulfonamides is 1. The van der Waals surface area contributed by atoms with Crippen molar-refractivity contribution in [2.24, 2.45) is 0 Å². The summed E-state index contributed by atoms with van der Waals surface area (Å²) in [7, 11) is -3.88. The summed E-state index contributed by atoms with van der Waals surface area (Å²) in [6, 6.07) is 19.1. The Morgan fingerprint density at radius 3 is 2.43 bits per heavy atom. The summed E-state index contributed by atoms with van der Waals surface area (Å²) in [4.78, 5) is 0.166. The highest BCUT2D eigenvalue weighted by atomic mass is 32.2. The topological polar surface area (TPSA) is 86.6 Å². The van der Waals surface area contributed by atoms with E-state index in [0.29, 0.717) is 27.6 Å². The summed E-state index contributed by atoms with van der Waals surface area (Å²) >= 11 is 0. The second-order valence-electron chi connectivity index (χ2n) is 8.84. The molecule has 0 heterocycles. The van der Waals surface area contributed by atoms with Gasteiger partial charge in [0.05, 0.1) is 10.6 Å². The van der Waals surface area contributed by atoms with Crippen LogP contribution in [0.25, 0.3) is 28.0 Å². The van der Waals surface area contributed by atoms with Crippen molar-refractivity contribution in [3.8, 4) is 22.6 Å². The van der Waals surface area contributed by atoms with Crippen molar-refractivity contribution in [3.63, 3.8) is 0 Å². The summed E-state index contributed by atoms with van der Waals surface area (Å²) in [5, 5.41) is 23.1. The number of fused-ring (bicyclic) bond motifs is 2. The number of benzene rings is 4. The van der Waals surface area contributed by atoms with Crippen LogP contribution in [0.5, 0.6) is 11.5 Å². The Kier molecular flexibility index (Phi) is 5.99. The number of hydrogen-bond donors (Lipinski definition) is 3. The molecule has 0 radical (unpaired) electrons. The van der Waals surface area contributed by atoms with E-state index < -0.39 is 10.0 Å². The average Bonchev–Trinajstić information content (AvgIpc) is 2.86. The van der Waals surface area contributed by atoms with Gasteiger partial charge in [-0.25, -0.2) is 8.42 Å². The van der Waals surface area contributed by atoms with Crippen molar-refractivity contribution in [1.29, 1.82) is 0 Å². The van der Waals surface area contributed by atoms with E-state index in [-0.39, 0.29) is 16.4 Å². The van der Waals surface area contributed by atoms with Crippen molar-refractivity contribution in [1.82, 2.24) is 0 Å². The molecule has 0 amide bonds. The van der Waals surface area contributed by atoms with Crippen molar-refractivity contribution in [2.45, 2.75) is 37.5 Å². The van der Waals surface area contributed by atoms with Crippen LogP contribution in [0.3, 0.4) is 0 Å². The van der Waals surface area contributed by atoms with Gasteiger partial charge in [-0.05, 0) is 60.2 Å². The number of phenols is 2. The van der Waals surface area contributed by atoms with Gasteiger partial charge in [-0.2, -0.15) is 0 Å². The number of hydrogen-bond acceptors (Lipinski definition) is 4. The molecule has 0 bridgehead atoms. The number of nitrogens with one attached hydrogen (secondary N) is 1. The summed E-state index contributed by atoms with van der Waals surface area (Å²) in [5.41, 5.74) is 4.19. The molecule has 0 saturated heterocycles. The van der Waals surface area contributed by atoms with Gasteiger partial charge in [-0.3, -0.25) is 4.72 Å². The molecule has 6 heteroatoms. The fourth-order valence-electron chi connectivity index (χ4n) is 4.75. The van der Waals surface area contributed by atoms with Crippen molar-refractivity contribution >= 4 is 32.6 Å². The first kappa shape index (κ1) is 23.0. The van der Waals surface area contributed by atoms with Crippen molar-refractivity contribution in [3.05, 3.63) is 89.5 Å². The first-order valence-corrected chi connectivity index (χ1v) is 13.3. The summed E-state index contributed by atoms with van der Waals surface area (Å²) in [5.74, 6) is 0.0244. The maximum atomic E-state index is 13.3. The molecule has 5 rings (SSSR count). The fraction of sp³-hybridized carbons (Fsp3) is 0.172. The van der Waals surface area contributed by atoms with Gasteiger partial charge in [-0.15, -0.1) is 0 Å². The number of phenolic OH excluding ortho intramolecular Hbond substituents is 2. The Bertz CT molecular complexity index is 1550. The summed E-state index contributed by atoms with van der Waals surface area (Å²) in [6.07, 6.45) is 7.60. The van der Waals surface area contributed by atoms with Gasteiger partial charge < -0.3 is 10.2 Å². The smallest absolute Gasteiger partial charge is 0.261 e. The van der Waals surface area contributed by atoms with Gasteiger partial charge in [0.1, 0.15) is 11.5 Å². The fourth-order valence-corrected chi connectivity index (χ4v) is 5.82. The van der Waals surface area contributed by atoms with Gasteiger partial charge in [0.15, 0.2) is 0 Å². The third-order valence-electron chi connectivity index (χ3n) is 6.48. The molecule has 0 unspecified atom stereocenters. The third kappa shape index (κ3) is 4.26. The van der Waals surface area contributed by atoms with E-state index in [9.17, 15) is 18.6 Å². The molecular weight excluding hydrogens is 458 g/mol. The minimum atomic E-state index is -3.88. The maximum absolute atomic E-state index is 13.3. The van der Waals surface area contributed by atoms with Crippen LogP contribution in [-0.2, 0) is 22.9 Å². The van der Waals surface area contributed by atoms with Crippen LogP contribution in [-0.4, -0.2) is 18.6 Å². The lowest BCUT2D eigenvalue weighted by Gasteiger charge is -2.20. The lowest BCUT2D eigenvalue weighted by molar-refractivity contribution is 0.471. The predicted molar refractivity (Wildman–Crippen MR) is 141 cm³/mol. The van der Waals surface area contributed by atoms with E-state index in [1.807, 2.05) is 30.4 Å². The molecule has 0 aromatic heterocycles. The quantitative estimate of drug-likeness (QED) is 0.268. The normalized spacial score (nSPS) is 13.1. The van der Waals surface area contributed by atoms with Crippen molar-refractivity contribution < 1.29 is 18.6 Å². The van der Waals surface area contributed by atoms with Crippen LogP contribution in [0, 0.1) is 0 Å². The van der Waals surface area contributed by atoms with Crippen LogP contribution < -0.4 is 4.72 Å². The minimum absolute atomic E-state index is 0.00450. The Morgan fingerprint density at radius 1 is 0.943 bits per heavy atom. The third-order valence-corrected chi connectivity index (χ3v) is 7.86. The highest BCUT2D eigenvalue weighted by Crippen LogP contribution is 2.46. The van der Waals surface area contributed by atoms with Crippen LogP contribution in [0.15, 0.2) is 77.7 Å². The zero-order chi connectivity index (χ0) is 24.6. The molecule has 35 heavy (non-hydrogen) atoms. The van der Waals surface area contributed by atoms with E-state index in [4.69, 9.17) is 0 Å². The summed E-state index contributed by atoms with van der Waals surface area (Å²) in [6.45, 7) is 2.08. The zero-order valence-electron chi connectivity index (χ0n) is 19.5. The molecule has 1 aliphatic carbocycles. The second kappa shape index (κ2) is 9.12. The standard InChI is InChI=1S/C29H27NO4S/c1-2-7-19-12-15-21(16-13-19)35(33,34)30-26-18-25(29(32)24-11-6-5-10-23(24)26)28-22-9-4-3-8-20(22)14-17-27(28)31/h4-6,9-18,30-32H,2-3,7-8H2,1H3. The van der Waals surface area contributed by atoms with Crippen LogP contribution in [0.1, 0.15) is 36.5 Å². The van der Waals surface area contributed by atoms with Gasteiger partial charge in [0, 0.05) is 21.9 Å². The molecule has 3 N–H and O–H groups in total. The zero-order valence-corrected chi connectivity index (χ0v) is 20.3. The van der Waals surface area contributed by atoms with Crippen LogP contribution in [0.2, 0.25) is 0 Å². The summed E-state index contributed by atoms with van der Waals surface area (Å²) < 4.78 is 29.4. The molecule has 0 fully saturated rings. The Labute approximate surface area is 205 Å². The first-order chi connectivity index (χ1) is 16.9. The Morgan fingerprint density at radius 2 is 1.69 bits per heavy atom. The SMILES string of the molecule is CCCc1ccc(S(=O)(=O)Nc2cc(-c3c(O)ccc4c3C=CCC4)c(O)c3ccccc23)cc1. The van der Waals surface area contributed by atoms with Gasteiger partial charge in [0.2, 0.25) is 0 Å². The largest absolute Gasteiger partial charge is 0.507 e. The van der Waals surface area contributed by atoms with Gasteiger partial charge >= 0.3 is 0 Å². The molecule has 0 atom stereocenters. The van der Waals surface area contributed by atoms with Gasteiger partial charge in [0.25, 0.3) is 10.0 Å². The highest BCUT2D eigenvalue weighted by Gasteiger charge is 2.23. The Balaban J connectivity index is 1.67. The second-order valence-corrected chi connectivity index (χ2v) is 10.5. The van der Waals surface area contributed by atoms with E-state index in [2.05, 4.69) is 11.6 Å². The molecule has 4 aromatic rings. The number of aryl methyl sites for hydroxylation is 2. The maximum Gasteiger partial charge on any atom is 0.261 e. The predicted octanol–water partition coefficient (Wildman–Crippen LogP) is 6.63. The molecule has 4 aromatic carbocycles. The highest BCUT2D eigenvalue weighted by molar-refractivity contribution is 7.92. The molecule has 0 aliphatic heterocycles. The number of anilines is 1. The van der Waals surface area contributed by atoms with E-state index in [1.54, 1.807) is 48.5 Å². The number of rotatable bonds is 6. The molecule has 5 nitrogen and oxygen atoms in total. The molecule has 0 saturated carbocycles. The molecule has 0 spiro atoms. The molecular formula is C29H27NO4S. The van der Waals surface area contributed by atoms with E-state index >= 15 is 0 Å². The minimum Gasteiger partial charge on any atom is -0.507 e. The lowest BCUT2D eigenvalue weighted by Crippen LogP contribution is -2.13.